The highest BCUT2D eigenvalue weighted by Gasteiger charge is 2.51. The van der Waals surface area contributed by atoms with Gasteiger partial charge in [-0.25, -0.2) is 4.79 Å². The molecular formula is C29H34ClF3N2O4. The Morgan fingerprint density at radius 2 is 1.67 bits per heavy atom. The molecular weight excluding hydrogens is 533 g/mol. The molecule has 2 aromatic carbocycles. The van der Waals surface area contributed by atoms with Crippen molar-refractivity contribution in [3.8, 4) is 5.75 Å². The summed E-state index contributed by atoms with van der Waals surface area (Å²) in [4.78, 5) is 28.7. The zero-order valence-corrected chi connectivity index (χ0v) is 22.9. The second-order valence-electron chi connectivity index (χ2n) is 10.9. The van der Waals surface area contributed by atoms with E-state index in [0.29, 0.717) is 68.6 Å². The van der Waals surface area contributed by atoms with Crippen LogP contribution in [0.25, 0.3) is 0 Å². The van der Waals surface area contributed by atoms with E-state index in [-0.39, 0.29) is 12.5 Å². The van der Waals surface area contributed by atoms with Crippen molar-refractivity contribution in [3.05, 3.63) is 64.7 Å². The Labute approximate surface area is 232 Å². The number of alkyl halides is 3. The highest BCUT2D eigenvalue weighted by molar-refractivity contribution is 6.30. The van der Waals surface area contributed by atoms with E-state index in [1.54, 1.807) is 24.3 Å². The lowest BCUT2D eigenvalue weighted by atomic mass is 9.69. The largest absolute Gasteiger partial charge is 0.493 e. The molecule has 6 nitrogen and oxygen atoms in total. The topological polar surface area (TPSA) is 59.1 Å². The van der Waals surface area contributed by atoms with Crippen molar-refractivity contribution in [3.63, 3.8) is 0 Å². The third-order valence-electron chi connectivity index (χ3n) is 7.60. The van der Waals surface area contributed by atoms with Gasteiger partial charge in [-0.2, -0.15) is 13.2 Å². The van der Waals surface area contributed by atoms with E-state index in [2.05, 4.69) is 18.7 Å². The average Bonchev–Trinajstić information content (AvgIpc) is 2.90. The van der Waals surface area contributed by atoms with Crippen LogP contribution in [0.15, 0.2) is 48.5 Å². The van der Waals surface area contributed by atoms with Gasteiger partial charge < -0.3 is 14.4 Å². The van der Waals surface area contributed by atoms with Crippen molar-refractivity contribution in [2.75, 3.05) is 32.8 Å². The number of carbonyl (C=O) groups is 2. The molecule has 1 amide bonds. The molecule has 1 unspecified atom stereocenters. The summed E-state index contributed by atoms with van der Waals surface area (Å²) in [7, 11) is 0. The maximum atomic E-state index is 13.2. The molecule has 1 spiro atoms. The van der Waals surface area contributed by atoms with Crippen molar-refractivity contribution < 1.29 is 32.2 Å². The second kappa shape index (κ2) is 12.2. The fourth-order valence-electron chi connectivity index (χ4n) is 5.32. The Kier molecular flexibility index (Phi) is 9.11. The molecule has 2 aliphatic rings. The molecule has 10 heteroatoms. The molecule has 212 valence electrons. The number of ether oxygens (including phenoxy) is 2. The Hall–Kier alpha value is -2.78. The Morgan fingerprint density at radius 1 is 1.03 bits per heavy atom. The van der Waals surface area contributed by atoms with Crippen molar-refractivity contribution in [1.29, 1.82) is 0 Å². The van der Waals surface area contributed by atoms with Gasteiger partial charge in [0.25, 0.3) is 5.91 Å². The third kappa shape index (κ3) is 7.25. The normalized spacial score (nSPS) is 19.8. The lowest BCUT2D eigenvalue weighted by molar-refractivity contribution is -0.216. The first kappa shape index (κ1) is 29.2. The summed E-state index contributed by atoms with van der Waals surface area (Å²) < 4.78 is 50.6. The number of esters is 1. The van der Waals surface area contributed by atoms with E-state index in [0.717, 1.165) is 11.3 Å². The minimum atomic E-state index is -5.11. The quantitative estimate of drug-likeness (QED) is 0.386. The minimum Gasteiger partial charge on any atom is -0.493 e. The van der Waals surface area contributed by atoms with Crippen molar-refractivity contribution in [1.82, 2.24) is 9.80 Å². The zero-order valence-electron chi connectivity index (χ0n) is 22.2. The summed E-state index contributed by atoms with van der Waals surface area (Å²) in [5, 5.41) is 0.474. The maximum absolute atomic E-state index is 13.2. The fraction of sp³-hybridized carbons (Fsp3) is 0.517. The summed E-state index contributed by atoms with van der Waals surface area (Å²) in [6, 6.07) is 14.2. The van der Waals surface area contributed by atoms with Gasteiger partial charge in [0, 0.05) is 34.7 Å². The predicted molar refractivity (Wildman–Crippen MR) is 142 cm³/mol. The van der Waals surface area contributed by atoms with Crippen molar-refractivity contribution in [2.24, 2.45) is 11.3 Å². The molecule has 0 bridgehead atoms. The summed E-state index contributed by atoms with van der Waals surface area (Å²) in [6.07, 6.45) is -4.60. The molecule has 2 saturated heterocycles. The Morgan fingerprint density at radius 3 is 2.31 bits per heavy atom. The first-order chi connectivity index (χ1) is 18.5. The summed E-state index contributed by atoms with van der Waals surface area (Å²) >= 11 is 5.92. The van der Waals surface area contributed by atoms with Gasteiger partial charge in [-0.3, -0.25) is 9.69 Å². The lowest BCUT2D eigenvalue weighted by Crippen LogP contribution is -2.58. The monoisotopic (exact) mass is 566 g/mol. The average molecular weight is 567 g/mol. The molecule has 4 rings (SSSR count). The van der Waals surface area contributed by atoms with Gasteiger partial charge in [-0.15, -0.1) is 0 Å². The van der Waals surface area contributed by atoms with E-state index in [1.807, 2.05) is 24.3 Å². The van der Waals surface area contributed by atoms with Gasteiger partial charge >= 0.3 is 12.1 Å². The van der Waals surface area contributed by atoms with Gasteiger partial charge in [0.15, 0.2) is 0 Å². The minimum absolute atomic E-state index is 0.0881. The van der Waals surface area contributed by atoms with Crippen LogP contribution in [0.4, 0.5) is 13.2 Å². The number of halogens is 4. The number of nitrogens with zero attached hydrogens (tertiary/aromatic N) is 2. The van der Waals surface area contributed by atoms with Gasteiger partial charge in [-0.05, 0) is 68.6 Å². The molecule has 39 heavy (non-hydrogen) atoms. The highest BCUT2D eigenvalue weighted by Crippen LogP contribution is 2.44. The Bertz CT molecular complexity index is 1150. The number of amides is 1. The van der Waals surface area contributed by atoms with Crippen molar-refractivity contribution >= 4 is 23.5 Å². The standard InChI is InChI=1S/C29H34ClF3N2O4/c1-20(2)19-38-24-6-4-3-5-22(24)17-34-14-11-28(12-15-34)13-16-35(18-25(28)39-27(37)29(31,32)33)26(36)21-7-9-23(30)10-8-21/h3-10,20,25H,11-19H2,1-2H3. The van der Waals surface area contributed by atoms with Gasteiger partial charge in [0.05, 0.1) is 13.2 Å². The molecule has 0 radical (unpaired) electrons. The number of para-hydroxylation sites is 1. The molecule has 0 aromatic heterocycles. The molecule has 1 atom stereocenters. The van der Waals surface area contributed by atoms with E-state index in [9.17, 15) is 22.8 Å². The van der Waals surface area contributed by atoms with Crippen LogP contribution in [0.3, 0.4) is 0 Å². The molecule has 0 saturated carbocycles. The van der Waals surface area contributed by atoms with Crippen LogP contribution in [-0.4, -0.2) is 66.7 Å². The summed E-state index contributed by atoms with van der Waals surface area (Å²) in [6.45, 7) is 6.97. The number of hydrogen-bond acceptors (Lipinski definition) is 5. The van der Waals surface area contributed by atoms with E-state index >= 15 is 0 Å². The van der Waals surface area contributed by atoms with Gasteiger partial charge in [0.2, 0.25) is 0 Å². The molecule has 0 N–H and O–H groups in total. The van der Waals surface area contributed by atoms with Crippen LogP contribution in [0.2, 0.25) is 5.02 Å². The van der Waals surface area contributed by atoms with Crippen LogP contribution >= 0.6 is 11.6 Å². The first-order valence-electron chi connectivity index (χ1n) is 13.2. The highest BCUT2D eigenvalue weighted by atomic mass is 35.5. The van der Waals surface area contributed by atoms with Crippen LogP contribution in [-0.2, 0) is 16.1 Å². The molecule has 2 aliphatic heterocycles. The smallest absolute Gasteiger partial charge is 0.490 e. The van der Waals surface area contributed by atoms with Crippen LogP contribution in [0.1, 0.15) is 49.0 Å². The number of carbonyl (C=O) groups excluding carboxylic acids is 2. The molecule has 2 aromatic rings. The van der Waals surface area contributed by atoms with Crippen LogP contribution < -0.4 is 4.74 Å². The third-order valence-corrected chi connectivity index (χ3v) is 7.85. The Balaban J connectivity index is 1.46. The van der Waals surface area contributed by atoms with E-state index < -0.39 is 23.7 Å². The fourth-order valence-corrected chi connectivity index (χ4v) is 5.45. The van der Waals surface area contributed by atoms with E-state index in [4.69, 9.17) is 21.1 Å². The van der Waals surface area contributed by atoms with Gasteiger partial charge in [-0.1, -0.05) is 43.6 Å². The zero-order chi connectivity index (χ0) is 28.2. The SMILES string of the molecule is CC(C)COc1ccccc1CN1CCC2(CC1)CCN(C(=O)c1ccc(Cl)cc1)CC2OC(=O)C(F)(F)F. The van der Waals surface area contributed by atoms with Crippen LogP contribution in [0, 0.1) is 11.3 Å². The number of hydrogen-bond donors (Lipinski definition) is 0. The van der Waals surface area contributed by atoms with Crippen LogP contribution in [0.5, 0.6) is 5.75 Å². The van der Waals surface area contributed by atoms with E-state index in [1.165, 1.54) is 4.90 Å². The number of likely N-dealkylation sites (tertiary alicyclic amines) is 2. The van der Waals surface area contributed by atoms with Gasteiger partial charge in [0.1, 0.15) is 11.9 Å². The summed E-state index contributed by atoms with van der Waals surface area (Å²) in [5.74, 6) is -1.32. The number of rotatable bonds is 7. The number of benzene rings is 2. The summed E-state index contributed by atoms with van der Waals surface area (Å²) in [5.41, 5.74) is 0.795. The molecule has 0 aliphatic carbocycles. The predicted octanol–water partition coefficient (Wildman–Crippen LogP) is 5.98. The second-order valence-corrected chi connectivity index (χ2v) is 11.3. The molecule has 2 fully saturated rings. The maximum Gasteiger partial charge on any atom is 0.490 e. The first-order valence-corrected chi connectivity index (χ1v) is 13.6. The molecule has 2 heterocycles. The van der Waals surface area contributed by atoms with Crippen molar-refractivity contribution in [2.45, 2.75) is 51.9 Å². The number of piperidine rings is 2. The lowest BCUT2D eigenvalue weighted by Gasteiger charge is -2.51.